The number of nitrogen functional groups attached to an aromatic ring is 1. The fourth-order valence-corrected chi connectivity index (χ4v) is 1.88. The van der Waals surface area contributed by atoms with Gasteiger partial charge in [0.25, 0.3) is 5.89 Å². The molecule has 3 aromatic rings. The highest BCUT2D eigenvalue weighted by Gasteiger charge is 2.15. The number of halogens is 1. The molecule has 0 saturated carbocycles. The molecule has 0 aliphatic carbocycles. The van der Waals surface area contributed by atoms with Crippen molar-refractivity contribution in [3.63, 3.8) is 0 Å². The Morgan fingerprint density at radius 2 is 2.18 bits per heavy atom. The van der Waals surface area contributed by atoms with Gasteiger partial charge in [-0.15, -0.1) is 0 Å². The molecule has 112 valence electrons. The molecular weight excluding hydrogens is 289 g/mol. The topological polar surface area (TPSA) is 100.0 Å². The van der Waals surface area contributed by atoms with E-state index >= 15 is 0 Å². The van der Waals surface area contributed by atoms with E-state index in [1.54, 1.807) is 12.1 Å². The van der Waals surface area contributed by atoms with Gasteiger partial charge in [-0.1, -0.05) is 11.2 Å². The summed E-state index contributed by atoms with van der Waals surface area (Å²) in [6, 6.07) is 5.87. The van der Waals surface area contributed by atoms with E-state index in [4.69, 9.17) is 15.0 Å². The number of methoxy groups -OCH3 is 1. The van der Waals surface area contributed by atoms with Gasteiger partial charge in [-0.05, 0) is 18.2 Å². The molecule has 0 aliphatic heterocycles. The molecule has 0 spiro atoms. The second kappa shape index (κ2) is 5.86. The summed E-state index contributed by atoms with van der Waals surface area (Å²) in [5.41, 5.74) is 6.78. The van der Waals surface area contributed by atoms with Gasteiger partial charge in [-0.25, -0.2) is 14.4 Å². The van der Waals surface area contributed by atoms with E-state index < -0.39 is 0 Å². The van der Waals surface area contributed by atoms with Gasteiger partial charge < -0.3 is 15.0 Å². The zero-order chi connectivity index (χ0) is 15.5. The number of anilines is 1. The largest absolute Gasteiger partial charge is 0.383 e. The molecule has 2 heterocycles. The fraction of sp³-hybridized carbons (Fsp3) is 0.143. The van der Waals surface area contributed by atoms with Gasteiger partial charge in [-0.2, -0.15) is 4.98 Å². The summed E-state index contributed by atoms with van der Waals surface area (Å²) in [5, 5.41) is 3.83. The summed E-state index contributed by atoms with van der Waals surface area (Å²) in [4.78, 5) is 12.4. The van der Waals surface area contributed by atoms with Crippen LogP contribution in [0.3, 0.4) is 0 Å². The van der Waals surface area contributed by atoms with Crippen LogP contribution < -0.4 is 5.73 Å². The molecule has 0 fully saturated rings. The molecule has 0 saturated heterocycles. The fourth-order valence-electron chi connectivity index (χ4n) is 1.88. The van der Waals surface area contributed by atoms with Gasteiger partial charge in [0, 0.05) is 18.9 Å². The molecule has 2 aromatic heterocycles. The summed E-state index contributed by atoms with van der Waals surface area (Å²) >= 11 is 0. The lowest BCUT2D eigenvalue weighted by atomic mass is 10.2. The highest BCUT2D eigenvalue weighted by atomic mass is 19.1. The van der Waals surface area contributed by atoms with Crippen molar-refractivity contribution in [1.82, 2.24) is 20.1 Å². The SMILES string of the molecule is COCc1ncc(-c2noc(-c3cccc(F)c3)n2)c(N)n1. The highest BCUT2D eigenvalue weighted by Crippen LogP contribution is 2.25. The number of hydrogen-bond acceptors (Lipinski definition) is 7. The Balaban J connectivity index is 1.94. The molecule has 1 aromatic carbocycles. The molecule has 0 aliphatic rings. The summed E-state index contributed by atoms with van der Waals surface area (Å²) in [6.07, 6.45) is 1.50. The van der Waals surface area contributed by atoms with Gasteiger partial charge in [-0.3, -0.25) is 0 Å². The van der Waals surface area contributed by atoms with Crippen molar-refractivity contribution in [2.24, 2.45) is 0 Å². The first-order valence-corrected chi connectivity index (χ1v) is 6.37. The van der Waals surface area contributed by atoms with Crippen molar-refractivity contribution >= 4 is 5.82 Å². The number of aromatic nitrogens is 4. The standard InChI is InChI=1S/C14H12FN5O2/c1-21-7-11-17-6-10(12(16)18-11)13-19-14(22-20-13)8-3-2-4-9(15)5-8/h2-6H,7H2,1H3,(H2,16,17,18). The van der Waals surface area contributed by atoms with E-state index in [1.165, 1.54) is 25.4 Å². The van der Waals surface area contributed by atoms with Crippen molar-refractivity contribution in [2.45, 2.75) is 6.61 Å². The van der Waals surface area contributed by atoms with Crippen LogP contribution in [0.2, 0.25) is 0 Å². The molecule has 22 heavy (non-hydrogen) atoms. The van der Waals surface area contributed by atoms with Crippen molar-refractivity contribution in [3.05, 3.63) is 42.1 Å². The Bertz CT molecular complexity index is 805. The number of ether oxygens (including phenoxy) is 1. The van der Waals surface area contributed by atoms with Crippen molar-refractivity contribution in [3.8, 4) is 22.8 Å². The molecule has 3 rings (SSSR count). The minimum atomic E-state index is -0.385. The smallest absolute Gasteiger partial charge is 0.258 e. The van der Waals surface area contributed by atoms with Crippen LogP contribution in [-0.2, 0) is 11.3 Å². The van der Waals surface area contributed by atoms with Gasteiger partial charge >= 0.3 is 0 Å². The van der Waals surface area contributed by atoms with E-state index in [0.29, 0.717) is 17.0 Å². The van der Waals surface area contributed by atoms with Crippen molar-refractivity contribution in [1.29, 1.82) is 0 Å². The lowest BCUT2D eigenvalue weighted by Crippen LogP contribution is -2.03. The van der Waals surface area contributed by atoms with Gasteiger partial charge in [0.1, 0.15) is 18.2 Å². The van der Waals surface area contributed by atoms with Crippen molar-refractivity contribution < 1.29 is 13.7 Å². The molecular formula is C14H12FN5O2. The monoisotopic (exact) mass is 301 g/mol. The quantitative estimate of drug-likeness (QED) is 0.787. The van der Waals surface area contributed by atoms with Gasteiger partial charge in [0.15, 0.2) is 5.82 Å². The summed E-state index contributed by atoms with van der Waals surface area (Å²) < 4.78 is 23.3. The normalized spacial score (nSPS) is 10.8. The molecule has 0 bridgehead atoms. The second-order valence-electron chi connectivity index (χ2n) is 4.45. The van der Waals surface area contributed by atoms with Crippen LogP contribution in [0.4, 0.5) is 10.2 Å². The van der Waals surface area contributed by atoms with E-state index in [-0.39, 0.29) is 30.0 Å². The zero-order valence-electron chi connectivity index (χ0n) is 11.7. The lowest BCUT2D eigenvalue weighted by molar-refractivity contribution is 0.178. The van der Waals surface area contributed by atoms with Crippen LogP contribution in [0.15, 0.2) is 35.0 Å². The lowest BCUT2D eigenvalue weighted by Gasteiger charge is -2.02. The summed E-state index contributed by atoms with van der Waals surface area (Å²) in [7, 11) is 1.54. The maximum atomic E-state index is 13.2. The van der Waals surface area contributed by atoms with Crippen LogP contribution in [0.1, 0.15) is 5.82 Å². The Labute approximate surface area is 125 Å². The second-order valence-corrected chi connectivity index (χ2v) is 4.45. The third-order valence-corrected chi connectivity index (χ3v) is 2.88. The maximum Gasteiger partial charge on any atom is 0.258 e. The Morgan fingerprint density at radius 1 is 1.32 bits per heavy atom. The molecule has 0 unspecified atom stereocenters. The average Bonchev–Trinajstić information content (AvgIpc) is 2.97. The number of benzene rings is 1. The minimum absolute atomic E-state index is 0.190. The number of rotatable bonds is 4. The van der Waals surface area contributed by atoms with Gasteiger partial charge in [0.2, 0.25) is 5.82 Å². The molecule has 0 amide bonds. The number of nitrogens with zero attached hydrogens (tertiary/aromatic N) is 4. The highest BCUT2D eigenvalue weighted by molar-refractivity contribution is 5.68. The van der Waals surface area contributed by atoms with Crippen LogP contribution in [0.5, 0.6) is 0 Å². The van der Waals surface area contributed by atoms with Crippen LogP contribution in [0, 0.1) is 5.82 Å². The predicted molar refractivity (Wildman–Crippen MR) is 75.8 cm³/mol. The van der Waals surface area contributed by atoms with Crippen LogP contribution in [-0.4, -0.2) is 27.2 Å². The van der Waals surface area contributed by atoms with E-state index in [9.17, 15) is 4.39 Å². The number of hydrogen-bond donors (Lipinski definition) is 1. The molecule has 0 atom stereocenters. The predicted octanol–water partition coefficient (Wildman–Crippen LogP) is 2.06. The van der Waals surface area contributed by atoms with Crippen LogP contribution >= 0.6 is 0 Å². The maximum absolute atomic E-state index is 13.2. The van der Waals surface area contributed by atoms with Crippen molar-refractivity contribution in [2.75, 3.05) is 12.8 Å². The minimum Gasteiger partial charge on any atom is -0.383 e. The summed E-state index contributed by atoms with van der Waals surface area (Å²) in [5.74, 6) is 0.714. The molecule has 2 N–H and O–H groups in total. The van der Waals surface area contributed by atoms with E-state index in [0.717, 1.165) is 0 Å². The first kappa shape index (κ1) is 14.1. The Hall–Kier alpha value is -2.87. The van der Waals surface area contributed by atoms with E-state index in [1.807, 2.05) is 0 Å². The molecule has 8 heteroatoms. The first-order chi connectivity index (χ1) is 10.7. The van der Waals surface area contributed by atoms with Crippen LogP contribution in [0.25, 0.3) is 22.8 Å². The number of nitrogens with two attached hydrogens (primary N) is 1. The van der Waals surface area contributed by atoms with Gasteiger partial charge in [0.05, 0.1) is 5.56 Å². The molecule has 7 nitrogen and oxygen atoms in total. The molecule has 0 radical (unpaired) electrons. The first-order valence-electron chi connectivity index (χ1n) is 6.37. The average molecular weight is 301 g/mol. The third kappa shape index (κ3) is 2.77. The summed E-state index contributed by atoms with van der Waals surface area (Å²) in [6.45, 7) is 0.255. The third-order valence-electron chi connectivity index (χ3n) is 2.88. The Kier molecular flexibility index (Phi) is 3.75. The Morgan fingerprint density at radius 3 is 2.91 bits per heavy atom. The van der Waals surface area contributed by atoms with E-state index in [2.05, 4.69) is 20.1 Å². The zero-order valence-corrected chi connectivity index (χ0v) is 11.7.